The van der Waals surface area contributed by atoms with Crippen LogP contribution in [0.15, 0.2) is 35.9 Å². The highest BCUT2D eigenvalue weighted by Gasteiger charge is 2.35. The number of thiocarbonyl (C=S) groups is 1. The van der Waals surface area contributed by atoms with Gasteiger partial charge in [0.05, 0.1) is 17.9 Å². The first-order valence-corrected chi connectivity index (χ1v) is 13.9. The monoisotopic (exact) mass is 547 g/mol. The normalized spacial score (nSPS) is 16.6. The van der Waals surface area contributed by atoms with Gasteiger partial charge < -0.3 is 9.30 Å². The van der Waals surface area contributed by atoms with Gasteiger partial charge in [-0.1, -0.05) is 18.2 Å². The van der Waals surface area contributed by atoms with Gasteiger partial charge in [-0.05, 0) is 100 Å². The van der Waals surface area contributed by atoms with Crippen molar-refractivity contribution in [3.8, 4) is 5.00 Å². The summed E-state index contributed by atoms with van der Waals surface area (Å²) in [5.41, 5.74) is 5.66. The summed E-state index contributed by atoms with van der Waals surface area (Å²) in [4.78, 5) is 42.2. The second-order valence-electron chi connectivity index (χ2n) is 9.52. The van der Waals surface area contributed by atoms with Gasteiger partial charge in [-0.15, -0.1) is 11.3 Å². The van der Waals surface area contributed by atoms with Crippen LogP contribution in [-0.2, 0) is 27.2 Å². The van der Waals surface area contributed by atoms with E-state index >= 15 is 0 Å². The minimum absolute atomic E-state index is 0.00167. The molecule has 1 saturated heterocycles. The van der Waals surface area contributed by atoms with Gasteiger partial charge in [0.25, 0.3) is 11.8 Å². The maximum absolute atomic E-state index is 13.6. The molecule has 1 aromatic carbocycles. The molecule has 9 heteroatoms. The van der Waals surface area contributed by atoms with Crippen LogP contribution in [0.2, 0.25) is 0 Å². The van der Waals surface area contributed by atoms with Crippen LogP contribution in [-0.4, -0.2) is 34.1 Å². The molecular weight excluding hydrogens is 518 g/mol. The van der Waals surface area contributed by atoms with E-state index in [1.807, 2.05) is 56.5 Å². The van der Waals surface area contributed by atoms with E-state index in [0.717, 1.165) is 58.8 Å². The Kier molecular flexibility index (Phi) is 7.07. The van der Waals surface area contributed by atoms with Crippen molar-refractivity contribution < 1.29 is 19.1 Å². The van der Waals surface area contributed by atoms with Crippen molar-refractivity contribution in [1.82, 2.24) is 9.88 Å². The lowest BCUT2D eigenvalue weighted by Crippen LogP contribution is -2.54. The SMILES string of the molecule is CCOC(=O)c1c(-n2c(C)cc(/C=C3\C(=O)NC(=S)N(c4ccccc4C)C3=O)c2C)sc2c1CCCC2. The van der Waals surface area contributed by atoms with E-state index in [4.69, 9.17) is 17.0 Å². The number of esters is 1. The molecule has 0 bridgehead atoms. The lowest BCUT2D eigenvalue weighted by atomic mass is 9.95. The Hall–Kier alpha value is -3.56. The number of anilines is 1. The topological polar surface area (TPSA) is 80.6 Å². The average molecular weight is 548 g/mol. The number of ether oxygens (including phenoxy) is 1. The summed E-state index contributed by atoms with van der Waals surface area (Å²) in [6.07, 6.45) is 5.58. The molecule has 0 unspecified atom stereocenters. The lowest BCUT2D eigenvalue weighted by Gasteiger charge is -2.30. The molecule has 0 spiro atoms. The molecule has 3 aromatic rings. The molecule has 38 heavy (non-hydrogen) atoms. The molecule has 3 heterocycles. The highest BCUT2D eigenvalue weighted by Crippen LogP contribution is 2.39. The maximum Gasteiger partial charge on any atom is 0.341 e. The van der Waals surface area contributed by atoms with Crippen LogP contribution >= 0.6 is 23.6 Å². The zero-order chi connectivity index (χ0) is 27.1. The van der Waals surface area contributed by atoms with Crippen molar-refractivity contribution in [1.29, 1.82) is 0 Å². The quantitative estimate of drug-likeness (QED) is 0.202. The first-order chi connectivity index (χ1) is 18.2. The number of nitrogens with zero attached hydrogens (tertiary/aromatic N) is 2. The van der Waals surface area contributed by atoms with Crippen molar-refractivity contribution in [2.24, 2.45) is 0 Å². The zero-order valence-corrected chi connectivity index (χ0v) is 23.5. The first-order valence-electron chi connectivity index (χ1n) is 12.7. The van der Waals surface area contributed by atoms with Crippen molar-refractivity contribution >= 4 is 58.2 Å². The molecule has 2 aromatic heterocycles. The zero-order valence-electron chi connectivity index (χ0n) is 21.8. The number of thiophene rings is 1. The van der Waals surface area contributed by atoms with Crippen LogP contribution in [0.25, 0.3) is 11.1 Å². The van der Waals surface area contributed by atoms with Crippen molar-refractivity contribution in [3.05, 3.63) is 74.4 Å². The highest BCUT2D eigenvalue weighted by molar-refractivity contribution is 7.80. The van der Waals surface area contributed by atoms with Gasteiger partial charge >= 0.3 is 5.97 Å². The number of carbonyl (C=O) groups is 3. The summed E-state index contributed by atoms with van der Waals surface area (Å²) in [6, 6.07) is 9.33. The molecule has 0 atom stereocenters. The predicted octanol–water partition coefficient (Wildman–Crippen LogP) is 5.35. The minimum Gasteiger partial charge on any atom is -0.462 e. The summed E-state index contributed by atoms with van der Waals surface area (Å²) in [5, 5.41) is 3.55. The van der Waals surface area contributed by atoms with E-state index in [-0.39, 0.29) is 16.7 Å². The molecule has 7 nitrogen and oxygen atoms in total. The van der Waals surface area contributed by atoms with Crippen LogP contribution in [0.5, 0.6) is 0 Å². The van der Waals surface area contributed by atoms with Gasteiger partial charge in [-0.2, -0.15) is 0 Å². The molecule has 196 valence electrons. The Bertz CT molecular complexity index is 1530. The van der Waals surface area contributed by atoms with Crippen LogP contribution < -0.4 is 10.2 Å². The molecule has 5 rings (SSSR count). The van der Waals surface area contributed by atoms with Crippen LogP contribution in [0, 0.1) is 20.8 Å². The van der Waals surface area contributed by atoms with Gasteiger partial charge in [-0.3, -0.25) is 19.8 Å². The molecule has 1 aliphatic carbocycles. The van der Waals surface area contributed by atoms with Gasteiger partial charge in [0.2, 0.25) is 0 Å². The molecule has 1 fully saturated rings. The molecule has 1 aliphatic heterocycles. The van der Waals surface area contributed by atoms with E-state index < -0.39 is 11.8 Å². The second-order valence-corrected chi connectivity index (χ2v) is 11.0. The molecular formula is C29H29N3O4S2. The maximum atomic E-state index is 13.6. The Morgan fingerprint density at radius 2 is 1.89 bits per heavy atom. The second kappa shape index (κ2) is 10.3. The summed E-state index contributed by atoms with van der Waals surface area (Å²) in [5.74, 6) is -1.32. The van der Waals surface area contributed by atoms with E-state index in [1.165, 1.54) is 9.78 Å². The Labute approximate surface area is 231 Å². The number of aryl methyl sites for hydroxylation is 3. The Balaban J connectivity index is 1.60. The number of para-hydroxylation sites is 1. The van der Waals surface area contributed by atoms with Crippen molar-refractivity contribution in [3.63, 3.8) is 0 Å². The number of nitrogens with one attached hydrogen (secondary N) is 1. The van der Waals surface area contributed by atoms with E-state index in [2.05, 4.69) is 5.32 Å². The Morgan fingerprint density at radius 1 is 1.16 bits per heavy atom. The van der Waals surface area contributed by atoms with Crippen molar-refractivity contribution in [2.45, 2.75) is 53.4 Å². The third-order valence-corrected chi connectivity index (χ3v) is 8.63. The fourth-order valence-corrected chi connectivity index (χ4v) is 6.98. The first kappa shape index (κ1) is 26.1. The van der Waals surface area contributed by atoms with Crippen LogP contribution in [0.3, 0.4) is 0 Å². The van der Waals surface area contributed by atoms with Gasteiger partial charge in [0.1, 0.15) is 10.6 Å². The smallest absolute Gasteiger partial charge is 0.341 e. The van der Waals surface area contributed by atoms with E-state index in [0.29, 0.717) is 17.9 Å². The van der Waals surface area contributed by atoms with Crippen molar-refractivity contribution in [2.75, 3.05) is 11.5 Å². The molecule has 1 N–H and O–H groups in total. The summed E-state index contributed by atoms with van der Waals surface area (Å²) in [6.45, 7) is 7.90. The minimum atomic E-state index is -0.534. The predicted molar refractivity (Wildman–Crippen MR) is 153 cm³/mol. The number of fused-ring (bicyclic) bond motifs is 1. The number of benzene rings is 1. The molecule has 0 saturated carbocycles. The number of rotatable bonds is 5. The largest absolute Gasteiger partial charge is 0.462 e. The van der Waals surface area contributed by atoms with Gasteiger partial charge in [-0.25, -0.2) is 4.79 Å². The van der Waals surface area contributed by atoms with Gasteiger partial charge in [0.15, 0.2) is 5.11 Å². The number of carbonyl (C=O) groups excluding carboxylic acids is 3. The van der Waals surface area contributed by atoms with Crippen LogP contribution in [0.4, 0.5) is 5.69 Å². The number of hydrogen-bond acceptors (Lipinski definition) is 6. The fourth-order valence-electron chi connectivity index (χ4n) is 5.22. The summed E-state index contributed by atoms with van der Waals surface area (Å²) < 4.78 is 7.49. The number of hydrogen-bond donors (Lipinski definition) is 1. The average Bonchev–Trinajstić information content (AvgIpc) is 3.38. The number of aromatic nitrogens is 1. The molecule has 2 aliphatic rings. The Morgan fingerprint density at radius 3 is 2.63 bits per heavy atom. The number of amides is 2. The standard InChI is InChI=1S/C29H29N3O4S2/c1-5-36-28(35)24-20-11-7-9-13-23(20)38-27(24)31-17(3)14-19(18(31)4)15-21-25(33)30-29(37)32(26(21)34)22-12-8-6-10-16(22)2/h6,8,10,12,14-15H,5,7,9,11,13H2,1-4H3,(H,30,33,37)/b21-15+. The summed E-state index contributed by atoms with van der Waals surface area (Å²) >= 11 is 6.98. The third-order valence-electron chi connectivity index (χ3n) is 7.06. The van der Waals surface area contributed by atoms with E-state index in [9.17, 15) is 14.4 Å². The summed E-state index contributed by atoms with van der Waals surface area (Å²) in [7, 11) is 0. The third kappa shape index (κ3) is 4.39. The molecule has 2 amide bonds. The van der Waals surface area contributed by atoms with Crippen LogP contribution in [0.1, 0.15) is 63.1 Å². The highest BCUT2D eigenvalue weighted by atomic mass is 32.1. The molecule has 0 radical (unpaired) electrons. The lowest BCUT2D eigenvalue weighted by molar-refractivity contribution is -0.122. The van der Waals surface area contributed by atoms with E-state index in [1.54, 1.807) is 23.5 Å². The van der Waals surface area contributed by atoms with Gasteiger partial charge in [0, 0.05) is 16.3 Å². The fraction of sp³-hybridized carbons (Fsp3) is 0.310.